The lowest BCUT2D eigenvalue weighted by Gasteiger charge is -2.18. The van der Waals surface area contributed by atoms with Gasteiger partial charge in [0.25, 0.3) is 0 Å². The van der Waals surface area contributed by atoms with E-state index in [9.17, 15) is 0 Å². The Bertz CT molecular complexity index is 605. The lowest BCUT2D eigenvalue weighted by Crippen LogP contribution is -2.22. The molecule has 0 amide bonds. The molecule has 106 valence electrons. The smallest absolute Gasteiger partial charge is 0.115 e. The van der Waals surface area contributed by atoms with E-state index in [0.29, 0.717) is 0 Å². The van der Waals surface area contributed by atoms with E-state index in [2.05, 4.69) is 28.2 Å². The number of benzene rings is 1. The molecule has 20 heavy (non-hydrogen) atoms. The van der Waals surface area contributed by atoms with E-state index in [0.717, 1.165) is 33.0 Å². The molecular formula is C15H16BrClN2S. The van der Waals surface area contributed by atoms with Crippen molar-refractivity contribution in [1.82, 2.24) is 10.3 Å². The van der Waals surface area contributed by atoms with Crippen LogP contribution in [-0.2, 0) is 12.8 Å². The van der Waals surface area contributed by atoms with Gasteiger partial charge < -0.3 is 5.32 Å². The van der Waals surface area contributed by atoms with Gasteiger partial charge in [-0.3, -0.25) is 0 Å². The van der Waals surface area contributed by atoms with Crippen LogP contribution in [0.1, 0.15) is 40.5 Å². The zero-order valence-corrected chi connectivity index (χ0v) is 14.4. The molecule has 1 aromatic carbocycles. The zero-order chi connectivity index (χ0) is 14.1. The third-order valence-electron chi connectivity index (χ3n) is 3.54. The van der Waals surface area contributed by atoms with Gasteiger partial charge in [0, 0.05) is 14.4 Å². The number of hydrogen-bond acceptors (Lipinski definition) is 3. The van der Waals surface area contributed by atoms with E-state index in [4.69, 9.17) is 16.6 Å². The van der Waals surface area contributed by atoms with E-state index in [1.165, 1.54) is 23.4 Å². The summed E-state index contributed by atoms with van der Waals surface area (Å²) < 4.78 is 1.07. The number of aromatic nitrogens is 1. The van der Waals surface area contributed by atoms with Crippen molar-refractivity contribution in [2.45, 2.75) is 32.2 Å². The predicted molar refractivity (Wildman–Crippen MR) is 88.8 cm³/mol. The van der Waals surface area contributed by atoms with Gasteiger partial charge in [-0.1, -0.05) is 34.5 Å². The van der Waals surface area contributed by atoms with Crippen molar-refractivity contribution >= 4 is 38.9 Å². The molecule has 1 atom stereocenters. The quantitative estimate of drug-likeness (QED) is 0.839. The Labute approximate surface area is 136 Å². The van der Waals surface area contributed by atoms with Gasteiger partial charge >= 0.3 is 0 Å². The topological polar surface area (TPSA) is 24.9 Å². The van der Waals surface area contributed by atoms with Crippen molar-refractivity contribution in [1.29, 1.82) is 0 Å². The van der Waals surface area contributed by atoms with Crippen LogP contribution in [0, 0.1) is 0 Å². The predicted octanol–water partition coefficient (Wildman–Crippen LogP) is 4.75. The molecular weight excluding hydrogens is 356 g/mol. The minimum absolute atomic E-state index is 0.115. The molecule has 0 saturated heterocycles. The van der Waals surface area contributed by atoms with Crippen LogP contribution in [0.25, 0.3) is 0 Å². The van der Waals surface area contributed by atoms with Crippen LogP contribution < -0.4 is 5.32 Å². The van der Waals surface area contributed by atoms with Crippen LogP contribution in [0.5, 0.6) is 0 Å². The highest BCUT2D eigenvalue weighted by Crippen LogP contribution is 2.36. The van der Waals surface area contributed by atoms with Crippen LogP contribution in [0.4, 0.5) is 0 Å². The van der Waals surface area contributed by atoms with Crippen molar-refractivity contribution in [3.63, 3.8) is 0 Å². The maximum absolute atomic E-state index is 6.16. The molecule has 0 saturated carbocycles. The summed E-state index contributed by atoms with van der Waals surface area (Å²) in [5.74, 6) is 0. The van der Waals surface area contributed by atoms with Gasteiger partial charge in [0.2, 0.25) is 0 Å². The number of aryl methyl sites for hydroxylation is 2. The molecule has 1 N–H and O–H groups in total. The highest BCUT2D eigenvalue weighted by molar-refractivity contribution is 9.10. The fourth-order valence-corrected chi connectivity index (χ4v) is 4.51. The summed E-state index contributed by atoms with van der Waals surface area (Å²) in [5.41, 5.74) is 2.46. The second-order valence-electron chi connectivity index (χ2n) is 4.93. The number of rotatable bonds is 4. The van der Waals surface area contributed by atoms with Crippen LogP contribution in [0.3, 0.4) is 0 Å². The standard InChI is InChI=1S/C15H16BrClN2S/c1-2-18-14(10-8-9(17)6-7-11(10)16)15-19-12-4-3-5-13(12)20-15/h6-8,14,18H,2-5H2,1H3. The van der Waals surface area contributed by atoms with Gasteiger partial charge in [0.15, 0.2) is 0 Å². The first-order chi connectivity index (χ1) is 9.69. The normalized spacial score (nSPS) is 15.3. The van der Waals surface area contributed by atoms with E-state index in [1.807, 2.05) is 29.5 Å². The second-order valence-corrected chi connectivity index (χ2v) is 7.34. The average molecular weight is 372 g/mol. The molecule has 0 aliphatic heterocycles. The van der Waals surface area contributed by atoms with Gasteiger partial charge in [-0.05, 0) is 49.6 Å². The van der Waals surface area contributed by atoms with Crippen molar-refractivity contribution in [2.24, 2.45) is 0 Å². The number of thiazole rings is 1. The van der Waals surface area contributed by atoms with Crippen molar-refractivity contribution in [3.05, 3.63) is 48.8 Å². The van der Waals surface area contributed by atoms with Gasteiger partial charge in [-0.15, -0.1) is 11.3 Å². The van der Waals surface area contributed by atoms with Crippen molar-refractivity contribution in [2.75, 3.05) is 6.54 Å². The summed E-state index contributed by atoms with van der Waals surface area (Å²) in [4.78, 5) is 6.31. The maximum atomic E-state index is 6.16. The minimum Gasteiger partial charge on any atom is -0.305 e. The molecule has 1 aliphatic carbocycles. The first-order valence-electron chi connectivity index (χ1n) is 6.86. The van der Waals surface area contributed by atoms with Crippen LogP contribution in [0.2, 0.25) is 5.02 Å². The maximum Gasteiger partial charge on any atom is 0.115 e. The highest BCUT2D eigenvalue weighted by Gasteiger charge is 2.24. The summed E-state index contributed by atoms with van der Waals surface area (Å²) in [6.07, 6.45) is 3.56. The second kappa shape index (κ2) is 6.14. The van der Waals surface area contributed by atoms with Crippen LogP contribution in [-0.4, -0.2) is 11.5 Å². The Morgan fingerprint density at radius 1 is 1.45 bits per heavy atom. The molecule has 0 radical (unpaired) electrons. The molecule has 1 heterocycles. The molecule has 2 nitrogen and oxygen atoms in total. The minimum atomic E-state index is 0.115. The third-order valence-corrected chi connectivity index (χ3v) is 5.72. The largest absolute Gasteiger partial charge is 0.305 e. The number of nitrogens with one attached hydrogen (secondary N) is 1. The van der Waals surface area contributed by atoms with Crippen molar-refractivity contribution < 1.29 is 0 Å². The highest BCUT2D eigenvalue weighted by atomic mass is 79.9. The molecule has 0 spiro atoms. The lowest BCUT2D eigenvalue weighted by atomic mass is 10.1. The van der Waals surface area contributed by atoms with Gasteiger partial charge in [0.05, 0.1) is 11.7 Å². The molecule has 1 unspecified atom stereocenters. The molecule has 0 bridgehead atoms. The summed E-state index contributed by atoms with van der Waals surface area (Å²) in [5, 5.41) is 5.44. The Morgan fingerprint density at radius 3 is 3.05 bits per heavy atom. The number of halogens is 2. The fraction of sp³-hybridized carbons (Fsp3) is 0.400. The van der Waals surface area contributed by atoms with Gasteiger partial charge in [0.1, 0.15) is 5.01 Å². The Hall–Kier alpha value is -0.420. The third kappa shape index (κ3) is 2.80. The van der Waals surface area contributed by atoms with E-state index in [-0.39, 0.29) is 6.04 Å². The molecule has 3 rings (SSSR count). The first kappa shape index (κ1) is 14.5. The van der Waals surface area contributed by atoms with Gasteiger partial charge in [-0.2, -0.15) is 0 Å². The summed E-state index contributed by atoms with van der Waals surface area (Å²) >= 11 is 11.6. The van der Waals surface area contributed by atoms with E-state index >= 15 is 0 Å². The number of hydrogen-bond donors (Lipinski definition) is 1. The van der Waals surface area contributed by atoms with Gasteiger partial charge in [-0.25, -0.2) is 4.98 Å². The molecule has 5 heteroatoms. The summed E-state index contributed by atoms with van der Waals surface area (Å²) in [6, 6.07) is 6.04. The Kier molecular flexibility index (Phi) is 4.46. The molecule has 2 aromatic rings. The summed E-state index contributed by atoms with van der Waals surface area (Å²) in [6.45, 7) is 3.01. The SMILES string of the molecule is CCNC(c1nc2c(s1)CCC2)c1cc(Cl)ccc1Br. The Morgan fingerprint density at radius 2 is 2.30 bits per heavy atom. The molecule has 1 aliphatic rings. The van der Waals surface area contributed by atoms with E-state index in [1.54, 1.807) is 0 Å². The number of fused-ring (bicyclic) bond motifs is 1. The molecule has 0 fully saturated rings. The van der Waals surface area contributed by atoms with Crippen LogP contribution >= 0.6 is 38.9 Å². The van der Waals surface area contributed by atoms with E-state index < -0.39 is 0 Å². The summed E-state index contributed by atoms with van der Waals surface area (Å²) in [7, 11) is 0. The monoisotopic (exact) mass is 370 g/mol. The lowest BCUT2D eigenvalue weighted by molar-refractivity contribution is 0.623. The average Bonchev–Trinajstić information content (AvgIpc) is 3.00. The first-order valence-corrected chi connectivity index (χ1v) is 8.84. The van der Waals surface area contributed by atoms with Crippen LogP contribution in [0.15, 0.2) is 22.7 Å². The number of nitrogens with zero attached hydrogens (tertiary/aromatic N) is 1. The fourth-order valence-electron chi connectivity index (χ4n) is 2.60. The zero-order valence-electron chi connectivity index (χ0n) is 11.2. The Balaban J connectivity index is 2.01. The molecule has 1 aromatic heterocycles. The van der Waals surface area contributed by atoms with Crippen molar-refractivity contribution in [3.8, 4) is 0 Å².